The lowest BCUT2D eigenvalue weighted by Crippen LogP contribution is -2.46. The van der Waals surface area contributed by atoms with Crippen molar-refractivity contribution >= 4 is 0 Å². The number of rotatable bonds is 1. The molecule has 0 aromatic heterocycles. The predicted molar refractivity (Wildman–Crippen MR) is 34.1 cm³/mol. The number of hydrogen-bond acceptors (Lipinski definition) is 3. The second-order valence-corrected chi connectivity index (χ2v) is 2.45. The minimum absolute atomic E-state index is 0.0428. The lowest BCUT2D eigenvalue weighted by Gasteiger charge is -2.26. The molecular weight excluding hydrogens is 118 g/mol. The van der Waals surface area contributed by atoms with Crippen molar-refractivity contribution in [1.29, 1.82) is 0 Å². The first-order chi connectivity index (χ1) is 4.34. The monoisotopic (exact) mass is 131 g/mol. The van der Waals surface area contributed by atoms with E-state index in [0.29, 0.717) is 0 Å². The molecular formula is C6H13NO2. The van der Waals surface area contributed by atoms with Gasteiger partial charge in [0.1, 0.15) is 0 Å². The first-order valence-electron chi connectivity index (χ1n) is 3.37. The molecule has 0 amide bonds. The van der Waals surface area contributed by atoms with E-state index in [1.165, 1.54) is 0 Å². The minimum atomic E-state index is -0.344. The molecule has 1 fully saturated rings. The Kier molecular flexibility index (Phi) is 2.45. The highest BCUT2D eigenvalue weighted by atomic mass is 16.3. The van der Waals surface area contributed by atoms with Gasteiger partial charge in [0.25, 0.3) is 0 Å². The van der Waals surface area contributed by atoms with Gasteiger partial charge in [-0.1, -0.05) is 0 Å². The summed E-state index contributed by atoms with van der Waals surface area (Å²) in [6.07, 6.45) is 1.49. The van der Waals surface area contributed by atoms with Crippen LogP contribution in [0.3, 0.4) is 0 Å². The number of hydrogen-bond donors (Lipinski definition) is 3. The summed E-state index contributed by atoms with van der Waals surface area (Å²) in [6, 6.07) is -0.0845. The average molecular weight is 131 g/mol. The number of piperidine rings is 1. The maximum Gasteiger partial charge on any atom is 0.0716 e. The SMILES string of the molecule is OC[C@@H]1NCCCC1O. The van der Waals surface area contributed by atoms with Crippen LogP contribution in [0.25, 0.3) is 0 Å². The highest BCUT2D eigenvalue weighted by Crippen LogP contribution is 2.06. The number of nitrogens with one attached hydrogen (secondary N) is 1. The third-order valence-electron chi connectivity index (χ3n) is 1.74. The van der Waals surface area contributed by atoms with Crippen molar-refractivity contribution in [2.45, 2.75) is 25.0 Å². The zero-order chi connectivity index (χ0) is 6.69. The molecule has 3 N–H and O–H groups in total. The van der Waals surface area contributed by atoms with Gasteiger partial charge < -0.3 is 15.5 Å². The standard InChI is InChI=1S/C6H13NO2/c8-4-5-6(9)2-1-3-7-5/h5-9H,1-4H2/t5-,6?/m0/s1. The van der Waals surface area contributed by atoms with Crippen LogP contribution in [0.15, 0.2) is 0 Å². The third kappa shape index (κ3) is 1.64. The minimum Gasteiger partial charge on any atom is -0.395 e. The van der Waals surface area contributed by atoms with Crippen molar-refractivity contribution in [3.8, 4) is 0 Å². The topological polar surface area (TPSA) is 52.5 Å². The van der Waals surface area contributed by atoms with E-state index < -0.39 is 0 Å². The Balaban J connectivity index is 2.30. The largest absolute Gasteiger partial charge is 0.395 e. The Labute approximate surface area is 54.7 Å². The van der Waals surface area contributed by atoms with Crippen molar-refractivity contribution in [3.05, 3.63) is 0 Å². The molecule has 0 aliphatic carbocycles. The summed E-state index contributed by atoms with van der Waals surface area (Å²) in [6.45, 7) is 0.962. The molecule has 0 radical (unpaired) electrons. The van der Waals surface area contributed by atoms with Crippen molar-refractivity contribution in [1.82, 2.24) is 5.32 Å². The fraction of sp³-hybridized carbons (Fsp3) is 1.00. The Hall–Kier alpha value is -0.120. The molecule has 3 heteroatoms. The maximum absolute atomic E-state index is 9.15. The average Bonchev–Trinajstić information content (AvgIpc) is 1.89. The predicted octanol–water partition coefficient (Wildman–Crippen LogP) is -0.908. The molecule has 1 aliphatic rings. The van der Waals surface area contributed by atoms with Gasteiger partial charge in [0.15, 0.2) is 0 Å². The van der Waals surface area contributed by atoms with E-state index in [0.717, 1.165) is 19.4 Å². The second kappa shape index (κ2) is 3.15. The van der Waals surface area contributed by atoms with E-state index in [1.807, 2.05) is 0 Å². The van der Waals surface area contributed by atoms with Gasteiger partial charge in [0.2, 0.25) is 0 Å². The maximum atomic E-state index is 9.15. The number of aliphatic hydroxyl groups is 2. The van der Waals surface area contributed by atoms with Gasteiger partial charge in [-0.3, -0.25) is 0 Å². The lowest BCUT2D eigenvalue weighted by molar-refractivity contribution is 0.0649. The Morgan fingerprint density at radius 2 is 2.33 bits per heavy atom. The van der Waals surface area contributed by atoms with E-state index in [1.54, 1.807) is 0 Å². The van der Waals surface area contributed by atoms with Gasteiger partial charge >= 0.3 is 0 Å². The second-order valence-electron chi connectivity index (χ2n) is 2.45. The van der Waals surface area contributed by atoms with Gasteiger partial charge in [0, 0.05) is 0 Å². The zero-order valence-electron chi connectivity index (χ0n) is 5.38. The molecule has 0 saturated carbocycles. The summed E-state index contributed by atoms with van der Waals surface area (Å²) in [5, 5.41) is 20.8. The molecule has 1 heterocycles. The van der Waals surface area contributed by atoms with E-state index >= 15 is 0 Å². The zero-order valence-corrected chi connectivity index (χ0v) is 5.38. The van der Waals surface area contributed by atoms with Crippen LogP contribution in [0.4, 0.5) is 0 Å². The fourth-order valence-corrected chi connectivity index (χ4v) is 1.12. The molecule has 9 heavy (non-hydrogen) atoms. The Bertz CT molecular complexity index is 87.1. The Morgan fingerprint density at radius 1 is 1.56 bits per heavy atom. The van der Waals surface area contributed by atoms with Gasteiger partial charge in [-0.2, -0.15) is 0 Å². The smallest absolute Gasteiger partial charge is 0.0716 e. The van der Waals surface area contributed by atoms with Gasteiger partial charge in [0.05, 0.1) is 18.8 Å². The molecule has 0 aromatic carbocycles. The Morgan fingerprint density at radius 3 is 2.78 bits per heavy atom. The summed E-state index contributed by atoms with van der Waals surface area (Å²) >= 11 is 0. The number of aliphatic hydroxyl groups excluding tert-OH is 2. The summed E-state index contributed by atoms with van der Waals surface area (Å²) in [4.78, 5) is 0. The summed E-state index contributed by atoms with van der Waals surface area (Å²) in [5.74, 6) is 0. The molecule has 0 bridgehead atoms. The van der Waals surface area contributed by atoms with E-state index in [4.69, 9.17) is 10.2 Å². The fourth-order valence-electron chi connectivity index (χ4n) is 1.12. The van der Waals surface area contributed by atoms with Gasteiger partial charge in [-0.05, 0) is 19.4 Å². The van der Waals surface area contributed by atoms with E-state index in [9.17, 15) is 0 Å². The summed E-state index contributed by atoms with van der Waals surface area (Å²) in [5.41, 5.74) is 0. The summed E-state index contributed by atoms with van der Waals surface area (Å²) in [7, 11) is 0. The normalized spacial score (nSPS) is 36.7. The lowest BCUT2D eigenvalue weighted by atomic mass is 10.0. The quantitative estimate of drug-likeness (QED) is 0.432. The first-order valence-corrected chi connectivity index (χ1v) is 3.37. The molecule has 1 rings (SSSR count). The van der Waals surface area contributed by atoms with Crippen molar-refractivity contribution in [2.24, 2.45) is 0 Å². The molecule has 0 spiro atoms. The molecule has 0 aromatic rings. The van der Waals surface area contributed by atoms with E-state index in [2.05, 4.69) is 5.32 Å². The highest BCUT2D eigenvalue weighted by Gasteiger charge is 2.20. The van der Waals surface area contributed by atoms with Gasteiger partial charge in [-0.25, -0.2) is 0 Å². The molecule has 1 unspecified atom stereocenters. The molecule has 1 saturated heterocycles. The molecule has 1 aliphatic heterocycles. The highest BCUT2D eigenvalue weighted by molar-refractivity contribution is 4.79. The van der Waals surface area contributed by atoms with Crippen LogP contribution in [0.2, 0.25) is 0 Å². The van der Waals surface area contributed by atoms with E-state index in [-0.39, 0.29) is 18.8 Å². The van der Waals surface area contributed by atoms with Crippen LogP contribution >= 0.6 is 0 Å². The van der Waals surface area contributed by atoms with Crippen LogP contribution < -0.4 is 5.32 Å². The van der Waals surface area contributed by atoms with Crippen molar-refractivity contribution in [3.63, 3.8) is 0 Å². The van der Waals surface area contributed by atoms with Crippen LogP contribution in [0.5, 0.6) is 0 Å². The van der Waals surface area contributed by atoms with Crippen molar-refractivity contribution < 1.29 is 10.2 Å². The van der Waals surface area contributed by atoms with Crippen LogP contribution in [0.1, 0.15) is 12.8 Å². The summed E-state index contributed by atoms with van der Waals surface area (Å²) < 4.78 is 0. The van der Waals surface area contributed by atoms with Crippen LogP contribution in [-0.2, 0) is 0 Å². The van der Waals surface area contributed by atoms with Crippen LogP contribution in [-0.4, -0.2) is 35.5 Å². The van der Waals surface area contributed by atoms with Gasteiger partial charge in [-0.15, -0.1) is 0 Å². The molecule has 2 atom stereocenters. The molecule has 3 nitrogen and oxygen atoms in total. The third-order valence-corrected chi connectivity index (χ3v) is 1.74. The van der Waals surface area contributed by atoms with Crippen LogP contribution in [0, 0.1) is 0 Å². The first kappa shape index (κ1) is 6.99. The molecule has 54 valence electrons. The van der Waals surface area contributed by atoms with Crippen molar-refractivity contribution in [2.75, 3.05) is 13.2 Å².